The molecular weight excluding hydrogens is 216 g/mol. The van der Waals surface area contributed by atoms with Crippen LogP contribution in [0.4, 0.5) is 0 Å². The lowest BCUT2D eigenvalue weighted by Gasteiger charge is -2.11. The number of alkyl halides is 1. The molecule has 84 valence electrons. The van der Waals surface area contributed by atoms with Gasteiger partial charge in [0.1, 0.15) is 0 Å². The molecule has 0 spiro atoms. The van der Waals surface area contributed by atoms with Gasteiger partial charge < -0.3 is 0 Å². The largest absolute Gasteiger partial charge is 0.122 e. The molecular formula is C15H17Cl. The molecule has 0 atom stereocenters. The van der Waals surface area contributed by atoms with Crippen molar-refractivity contribution in [3.8, 4) is 0 Å². The van der Waals surface area contributed by atoms with Crippen LogP contribution in [0.1, 0.15) is 25.0 Å². The molecule has 1 heteroatoms. The quantitative estimate of drug-likeness (QED) is 0.669. The van der Waals surface area contributed by atoms with Crippen molar-refractivity contribution in [2.45, 2.75) is 26.1 Å². The van der Waals surface area contributed by atoms with Gasteiger partial charge in [-0.05, 0) is 34.2 Å². The molecule has 2 aromatic rings. The van der Waals surface area contributed by atoms with E-state index in [4.69, 9.17) is 11.6 Å². The Balaban J connectivity index is 2.60. The summed E-state index contributed by atoms with van der Waals surface area (Å²) < 4.78 is 0. The van der Waals surface area contributed by atoms with Crippen LogP contribution < -0.4 is 0 Å². The van der Waals surface area contributed by atoms with Gasteiger partial charge in [0.2, 0.25) is 0 Å². The van der Waals surface area contributed by atoms with Crippen LogP contribution in [0.2, 0.25) is 0 Å². The van der Waals surface area contributed by atoms with Crippen LogP contribution in [-0.4, -0.2) is 0 Å². The molecule has 16 heavy (non-hydrogen) atoms. The SMILES string of the molecule is CC(C)Cc1ccc(CCl)c2ccccc12. The Morgan fingerprint density at radius 3 is 2.06 bits per heavy atom. The molecule has 0 saturated heterocycles. The fourth-order valence-electron chi connectivity index (χ4n) is 2.16. The molecule has 0 aliphatic rings. The third-order valence-corrected chi connectivity index (χ3v) is 3.16. The van der Waals surface area contributed by atoms with E-state index < -0.39 is 0 Å². The summed E-state index contributed by atoms with van der Waals surface area (Å²) in [6, 6.07) is 12.9. The molecule has 0 aromatic heterocycles. The molecule has 0 radical (unpaired) electrons. The number of hydrogen-bond donors (Lipinski definition) is 0. The van der Waals surface area contributed by atoms with Gasteiger partial charge in [-0.15, -0.1) is 11.6 Å². The first-order valence-corrected chi connectivity index (χ1v) is 6.31. The molecule has 0 N–H and O–H groups in total. The van der Waals surface area contributed by atoms with Crippen LogP contribution in [0.25, 0.3) is 10.8 Å². The van der Waals surface area contributed by atoms with Gasteiger partial charge in [0.25, 0.3) is 0 Å². The highest BCUT2D eigenvalue weighted by molar-refractivity contribution is 6.18. The van der Waals surface area contributed by atoms with Crippen LogP contribution in [0.15, 0.2) is 36.4 Å². The van der Waals surface area contributed by atoms with Crippen molar-refractivity contribution in [3.63, 3.8) is 0 Å². The highest BCUT2D eigenvalue weighted by Crippen LogP contribution is 2.25. The van der Waals surface area contributed by atoms with E-state index in [0.29, 0.717) is 11.8 Å². The number of benzene rings is 2. The van der Waals surface area contributed by atoms with Crippen molar-refractivity contribution in [2.75, 3.05) is 0 Å². The molecule has 0 saturated carbocycles. The van der Waals surface area contributed by atoms with Crippen molar-refractivity contribution >= 4 is 22.4 Å². The minimum atomic E-state index is 0.586. The number of hydrogen-bond acceptors (Lipinski definition) is 0. The Bertz CT molecular complexity index is 486. The van der Waals surface area contributed by atoms with Gasteiger partial charge in [0, 0.05) is 5.88 Å². The first-order valence-electron chi connectivity index (χ1n) is 5.78. The Kier molecular flexibility index (Phi) is 3.50. The minimum Gasteiger partial charge on any atom is -0.122 e. The normalized spacial score (nSPS) is 11.2. The summed E-state index contributed by atoms with van der Waals surface area (Å²) in [5, 5.41) is 2.66. The summed E-state index contributed by atoms with van der Waals surface area (Å²) in [6.45, 7) is 4.51. The molecule has 0 fully saturated rings. The monoisotopic (exact) mass is 232 g/mol. The summed E-state index contributed by atoms with van der Waals surface area (Å²) >= 11 is 5.96. The zero-order chi connectivity index (χ0) is 11.5. The predicted octanol–water partition coefficient (Wildman–Crippen LogP) is 4.78. The Morgan fingerprint density at radius 2 is 1.50 bits per heavy atom. The van der Waals surface area contributed by atoms with Gasteiger partial charge in [-0.3, -0.25) is 0 Å². The molecule has 2 rings (SSSR count). The highest BCUT2D eigenvalue weighted by Gasteiger charge is 2.06. The number of fused-ring (bicyclic) bond motifs is 1. The molecule has 0 aliphatic carbocycles. The maximum atomic E-state index is 5.96. The second kappa shape index (κ2) is 4.88. The lowest BCUT2D eigenvalue weighted by atomic mass is 9.95. The molecule has 0 amide bonds. The lowest BCUT2D eigenvalue weighted by Crippen LogP contribution is -1.96. The number of halogens is 1. The van der Waals surface area contributed by atoms with Gasteiger partial charge >= 0.3 is 0 Å². The summed E-state index contributed by atoms with van der Waals surface area (Å²) in [5.74, 6) is 1.27. The summed E-state index contributed by atoms with van der Waals surface area (Å²) in [6.07, 6.45) is 1.13. The van der Waals surface area contributed by atoms with E-state index >= 15 is 0 Å². The standard InChI is InChI=1S/C15H17Cl/c1-11(2)9-12-7-8-13(10-16)15-6-4-3-5-14(12)15/h3-8,11H,9-10H2,1-2H3. The highest BCUT2D eigenvalue weighted by atomic mass is 35.5. The van der Waals surface area contributed by atoms with Crippen molar-refractivity contribution in [1.29, 1.82) is 0 Å². The third kappa shape index (κ3) is 2.22. The second-order valence-electron chi connectivity index (χ2n) is 4.66. The first kappa shape index (κ1) is 11.5. The smallest absolute Gasteiger partial charge is 0.0480 e. The van der Waals surface area contributed by atoms with E-state index in [1.165, 1.54) is 21.9 Å². The maximum absolute atomic E-state index is 5.96. The van der Waals surface area contributed by atoms with Crippen molar-refractivity contribution in [3.05, 3.63) is 47.5 Å². The topological polar surface area (TPSA) is 0 Å². The molecule has 0 heterocycles. The maximum Gasteiger partial charge on any atom is 0.0480 e. The van der Waals surface area contributed by atoms with Crippen molar-refractivity contribution in [1.82, 2.24) is 0 Å². The Labute approximate surface area is 102 Å². The van der Waals surface area contributed by atoms with Gasteiger partial charge in [-0.2, -0.15) is 0 Å². The average Bonchev–Trinajstić information content (AvgIpc) is 2.29. The second-order valence-corrected chi connectivity index (χ2v) is 4.93. The van der Waals surface area contributed by atoms with Gasteiger partial charge in [0.05, 0.1) is 0 Å². The fraction of sp³-hybridized carbons (Fsp3) is 0.333. The molecule has 0 bridgehead atoms. The summed E-state index contributed by atoms with van der Waals surface area (Å²) in [4.78, 5) is 0. The minimum absolute atomic E-state index is 0.586. The van der Waals surface area contributed by atoms with Crippen LogP contribution >= 0.6 is 11.6 Å². The van der Waals surface area contributed by atoms with Gasteiger partial charge in [-0.25, -0.2) is 0 Å². The van der Waals surface area contributed by atoms with Crippen LogP contribution in [0.5, 0.6) is 0 Å². The van der Waals surface area contributed by atoms with Crippen molar-refractivity contribution < 1.29 is 0 Å². The Morgan fingerprint density at radius 1 is 0.938 bits per heavy atom. The first-order chi connectivity index (χ1) is 7.72. The molecule has 0 unspecified atom stereocenters. The van der Waals surface area contributed by atoms with Crippen LogP contribution in [-0.2, 0) is 12.3 Å². The van der Waals surface area contributed by atoms with E-state index in [-0.39, 0.29) is 0 Å². The zero-order valence-corrected chi connectivity index (χ0v) is 10.6. The predicted molar refractivity (Wildman–Crippen MR) is 72.0 cm³/mol. The number of rotatable bonds is 3. The van der Waals surface area contributed by atoms with E-state index in [0.717, 1.165) is 6.42 Å². The average molecular weight is 233 g/mol. The van der Waals surface area contributed by atoms with E-state index in [9.17, 15) is 0 Å². The molecule has 0 aliphatic heterocycles. The van der Waals surface area contributed by atoms with Gasteiger partial charge in [-0.1, -0.05) is 50.2 Å². The molecule has 2 aromatic carbocycles. The zero-order valence-electron chi connectivity index (χ0n) is 9.83. The summed E-state index contributed by atoms with van der Waals surface area (Å²) in [5.41, 5.74) is 2.66. The van der Waals surface area contributed by atoms with Crippen molar-refractivity contribution in [2.24, 2.45) is 5.92 Å². The molecule has 0 nitrogen and oxygen atoms in total. The third-order valence-electron chi connectivity index (χ3n) is 2.88. The van der Waals surface area contributed by atoms with Crippen LogP contribution in [0, 0.1) is 5.92 Å². The van der Waals surface area contributed by atoms with E-state index in [2.05, 4.69) is 50.2 Å². The fourth-order valence-corrected chi connectivity index (χ4v) is 2.39. The Hall–Kier alpha value is -1.01. The lowest BCUT2D eigenvalue weighted by molar-refractivity contribution is 0.650. The summed E-state index contributed by atoms with van der Waals surface area (Å²) in [7, 11) is 0. The van der Waals surface area contributed by atoms with E-state index in [1.807, 2.05) is 0 Å². The van der Waals surface area contributed by atoms with E-state index in [1.54, 1.807) is 0 Å². The van der Waals surface area contributed by atoms with Gasteiger partial charge in [0.15, 0.2) is 0 Å². The van der Waals surface area contributed by atoms with Crippen LogP contribution in [0.3, 0.4) is 0 Å².